The van der Waals surface area contributed by atoms with Crippen molar-refractivity contribution in [3.8, 4) is 5.75 Å². The van der Waals surface area contributed by atoms with E-state index in [4.69, 9.17) is 9.47 Å². The number of carbonyl (C=O) groups excluding carboxylic acids is 1. The Morgan fingerprint density at radius 1 is 1.33 bits per heavy atom. The van der Waals surface area contributed by atoms with Crippen molar-refractivity contribution in [1.82, 2.24) is 5.32 Å². The molecule has 0 aliphatic rings. The molecule has 0 aliphatic heterocycles. The summed E-state index contributed by atoms with van der Waals surface area (Å²) in [5, 5.41) is 3.18. The fourth-order valence-electron chi connectivity index (χ4n) is 1.79. The molecule has 18 heavy (non-hydrogen) atoms. The average molecular weight is 251 g/mol. The van der Waals surface area contributed by atoms with Gasteiger partial charge in [0.1, 0.15) is 5.75 Å². The van der Waals surface area contributed by atoms with Crippen LogP contribution in [0.5, 0.6) is 5.75 Å². The smallest absolute Gasteiger partial charge is 0.307 e. The Labute approximate surface area is 108 Å². The van der Waals surface area contributed by atoms with E-state index in [-0.39, 0.29) is 5.97 Å². The van der Waals surface area contributed by atoms with Gasteiger partial charge in [0, 0.05) is 0 Å². The Morgan fingerprint density at radius 2 is 1.94 bits per heavy atom. The van der Waals surface area contributed by atoms with Crippen LogP contribution < -0.4 is 10.1 Å². The topological polar surface area (TPSA) is 47.6 Å². The Bertz CT molecular complexity index is 389. The highest BCUT2D eigenvalue weighted by atomic mass is 16.5. The van der Waals surface area contributed by atoms with Crippen molar-refractivity contribution in [2.45, 2.75) is 25.8 Å². The van der Waals surface area contributed by atoms with Gasteiger partial charge in [-0.3, -0.25) is 4.79 Å². The van der Waals surface area contributed by atoms with Crippen LogP contribution in [0.25, 0.3) is 0 Å². The largest absolute Gasteiger partial charge is 0.497 e. The second-order valence-electron chi connectivity index (χ2n) is 4.29. The molecule has 0 heterocycles. The minimum atomic E-state index is -0.432. The lowest BCUT2D eigenvalue weighted by molar-refractivity contribution is -0.144. The van der Waals surface area contributed by atoms with Crippen LogP contribution in [0, 0.1) is 0 Å². The summed E-state index contributed by atoms with van der Waals surface area (Å²) in [6, 6.07) is 7.68. The Balaban J connectivity index is 2.88. The summed E-state index contributed by atoms with van der Waals surface area (Å²) in [6.07, 6.45) is 0.295. The number of carbonyl (C=O) groups is 1. The van der Waals surface area contributed by atoms with Crippen LogP contribution >= 0.6 is 0 Å². The molecule has 0 saturated heterocycles. The van der Waals surface area contributed by atoms with Gasteiger partial charge >= 0.3 is 5.97 Å². The second-order valence-corrected chi connectivity index (χ2v) is 4.29. The lowest BCUT2D eigenvalue weighted by atomic mass is 9.89. The highest BCUT2D eigenvalue weighted by molar-refractivity contribution is 5.71. The molecule has 0 bridgehead atoms. The van der Waals surface area contributed by atoms with E-state index < -0.39 is 5.54 Å². The van der Waals surface area contributed by atoms with E-state index in [2.05, 4.69) is 5.32 Å². The SMILES string of the molecule is CCOC(=O)C[C@@](C)(NC)c1ccc(OC)cc1. The third kappa shape index (κ3) is 3.47. The first-order valence-corrected chi connectivity index (χ1v) is 6.04. The van der Waals surface area contributed by atoms with E-state index in [0.717, 1.165) is 11.3 Å². The maximum atomic E-state index is 11.6. The highest BCUT2D eigenvalue weighted by Crippen LogP contribution is 2.26. The predicted molar refractivity (Wildman–Crippen MR) is 70.7 cm³/mol. The van der Waals surface area contributed by atoms with Gasteiger partial charge in [-0.1, -0.05) is 12.1 Å². The summed E-state index contributed by atoms with van der Waals surface area (Å²) in [5.74, 6) is 0.596. The third-order valence-corrected chi connectivity index (χ3v) is 3.08. The van der Waals surface area contributed by atoms with Crippen LogP contribution in [0.3, 0.4) is 0 Å². The molecule has 0 aliphatic carbocycles. The van der Waals surface area contributed by atoms with Crippen molar-refractivity contribution in [2.24, 2.45) is 0 Å². The van der Waals surface area contributed by atoms with Gasteiger partial charge in [0.05, 0.1) is 25.7 Å². The summed E-state index contributed by atoms with van der Waals surface area (Å²) in [5.41, 5.74) is 0.595. The van der Waals surface area contributed by atoms with Crippen LogP contribution in [0.2, 0.25) is 0 Å². The van der Waals surface area contributed by atoms with Crippen LogP contribution in [-0.2, 0) is 15.1 Å². The number of hydrogen-bond acceptors (Lipinski definition) is 4. The lowest BCUT2D eigenvalue weighted by Crippen LogP contribution is -2.39. The number of ether oxygens (including phenoxy) is 2. The second kappa shape index (κ2) is 6.40. The summed E-state index contributed by atoms with van der Waals surface area (Å²) in [6.45, 7) is 4.19. The quantitative estimate of drug-likeness (QED) is 0.786. The van der Waals surface area contributed by atoms with E-state index in [9.17, 15) is 4.79 Å². The summed E-state index contributed by atoms with van der Waals surface area (Å²) < 4.78 is 10.1. The molecule has 1 atom stereocenters. The predicted octanol–water partition coefficient (Wildman–Crippen LogP) is 2.08. The van der Waals surface area contributed by atoms with Gasteiger partial charge < -0.3 is 14.8 Å². The fourth-order valence-corrected chi connectivity index (χ4v) is 1.79. The molecule has 0 amide bonds. The molecule has 0 spiro atoms. The number of benzene rings is 1. The van der Waals surface area contributed by atoms with E-state index in [0.29, 0.717) is 13.0 Å². The van der Waals surface area contributed by atoms with Crippen LogP contribution in [0.1, 0.15) is 25.8 Å². The van der Waals surface area contributed by atoms with Crippen molar-refractivity contribution >= 4 is 5.97 Å². The number of esters is 1. The molecule has 1 N–H and O–H groups in total. The Kier molecular flexibility index (Phi) is 5.16. The molecule has 1 aromatic rings. The first kappa shape index (κ1) is 14.5. The zero-order valence-electron chi connectivity index (χ0n) is 11.4. The number of hydrogen-bond donors (Lipinski definition) is 1. The van der Waals surface area contributed by atoms with Gasteiger partial charge in [-0.25, -0.2) is 0 Å². The molecular weight excluding hydrogens is 230 g/mol. The van der Waals surface area contributed by atoms with Gasteiger partial charge in [-0.05, 0) is 38.6 Å². The van der Waals surface area contributed by atoms with Crippen molar-refractivity contribution in [3.05, 3.63) is 29.8 Å². The van der Waals surface area contributed by atoms with Gasteiger partial charge in [0.2, 0.25) is 0 Å². The van der Waals surface area contributed by atoms with Gasteiger partial charge in [-0.15, -0.1) is 0 Å². The van der Waals surface area contributed by atoms with Crippen molar-refractivity contribution in [2.75, 3.05) is 20.8 Å². The van der Waals surface area contributed by atoms with Gasteiger partial charge in [-0.2, -0.15) is 0 Å². The monoisotopic (exact) mass is 251 g/mol. The third-order valence-electron chi connectivity index (χ3n) is 3.08. The van der Waals surface area contributed by atoms with Gasteiger partial charge in [0.25, 0.3) is 0 Å². The molecule has 0 saturated carbocycles. The van der Waals surface area contributed by atoms with Gasteiger partial charge in [0.15, 0.2) is 0 Å². The zero-order chi connectivity index (χ0) is 13.6. The Morgan fingerprint density at radius 3 is 2.39 bits per heavy atom. The summed E-state index contributed by atoms with van der Waals surface area (Å²) >= 11 is 0. The van der Waals surface area contributed by atoms with E-state index in [1.54, 1.807) is 7.11 Å². The highest BCUT2D eigenvalue weighted by Gasteiger charge is 2.28. The standard InChI is InChI=1S/C14H21NO3/c1-5-18-13(16)10-14(2,15-3)11-6-8-12(17-4)9-7-11/h6-9,15H,5,10H2,1-4H3/t14-/m1/s1. The minimum absolute atomic E-state index is 0.204. The van der Waals surface area contributed by atoms with E-state index in [1.165, 1.54) is 0 Å². The number of methoxy groups -OCH3 is 1. The minimum Gasteiger partial charge on any atom is -0.497 e. The van der Waals surface area contributed by atoms with Crippen molar-refractivity contribution in [1.29, 1.82) is 0 Å². The fraction of sp³-hybridized carbons (Fsp3) is 0.500. The van der Waals surface area contributed by atoms with Crippen molar-refractivity contribution < 1.29 is 14.3 Å². The van der Waals surface area contributed by atoms with Crippen LogP contribution in [-0.4, -0.2) is 26.7 Å². The van der Waals surface area contributed by atoms with Crippen LogP contribution in [0.4, 0.5) is 0 Å². The molecule has 4 heteroatoms. The summed E-state index contributed by atoms with van der Waals surface area (Å²) in [7, 11) is 3.47. The molecule has 0 fully saturated rings. The first-order chi connectivity index (χ1) is 8.55. The Hall–Kier alpha value is -1.55. The average Bonchev–Trinajstić information content (AvgIpc) is 2.39. The van der Waals surface area contributed by atoms with Crippen LogP contribution in [0.15, 0.2) is 24.3 Å². The first-order valence-electron chi connectivity index (χ1n) is 6.04. The molecule has 0 aromatic heterocycles. The maximum Gasteiger partial charge on any atom is 0.307 e. The molecule has 100 valence electrons. The lowest BCUT2D eigenvalue weighted by Gasteiger charge is -2.29. The van der Waals surface area contributed by atoms with E-state index >= 15 is 0 Å². The van der Waals surface area contributed by atoms with Crippen molar-refractivity contribution in [3.63, 3.8) is 0 Å². The number of nitrogens with one attached hydrogen (secondary N) is 1. The molecule has 0 unspecified atom stereocenters. The summed E-state index contributed by atoms with van der Waals surface area (Å²) in [4.78, 5) is 11.6. The number of rotatable bonds is 6. The maximum absolute atomic E-state index is 11.6. The molecule has 1 aromatic carbocycles. The zero-order valence-corrected chi connectivity index (χ0v) is 11.4. The normalized spacial score (nSPS) is 13.8. The molecular formula is C14H21NO3. The molecule has 0 radical (unpaired) electrons. The van der Waals surface area contributed by atoms with E-state index in [1.807, 2.05) is 45.2 Å². The molecule has 1 rings (SSSR count). The molecule has 4 nitrogen and oxygen atoms in total.